The van der Waals surface area contributed by atoms with Gasteiger partial charge in [-0.05, 0) is 46.0 Å². The predicted molar refractivity (Wildman–Crippen MR) is 182 cm³/mol. The molecule has 0 saturated carbocycles. The largest absolute Gasteiger partial charge is 0.236 e. The Balaban J connectivity index is 1.28. The molecule has 0 saturated heterocycles. The molecule has 8 rings (SSSR count). The maximum absolute atomic E-state index is 4.80. The maximum atomic E-state index is 4.80. The first-order chi connectivity index (χ1) is 21.3. The number of hydrogen-bond acceptors (Lipinski definition) is 3. The Morgan fingerprint density at radius 2 is 0.907 bits per heavy atom. The van der Waals surface area contributed by atoms with Crippen molar-refractivity contribution in [3.05, 3.63) is 158 Å². The van der Waals surface area contributed by atoms with Crippen LogP contribution in [0, 0.1) is 0 Å². The number of aromatic nitrogens is 2. The number of nitrogens with zero attached hydrogens (tertiary/aromatic N) is 2. The topological polar surface area (TPSA) is 25.8 Å². The van der Waals surface area contributed by atoms with E-state index in [0.29, 0.717) is 0 Å². The van der Waals surface area contributed by atoms with Gasteiger partial charge in [0, 0.05) is 36.9 Å². The van der Waals surface area contributed by atoms with Gasteiger partial charge >= 0.3 is 0 Å². The zero-order valence-electron chi connectivity index (χ0n) is 23.3. The highest BCUT2D eigenvalue weighted by atomic mass is 32.1. The van der Waals surface area contributed by atoms with Crippen LogP contribution in [0.5, 0.6) is 0 Å². The molecule has 43 heavy (non-hydrogen) atoms. The molecule has 2 nitrogen and oxygen atoms in total. The Morgan fingerprint density at radius 1 is 0.395 bits per heavy atom. The van der Waals surface area contributed by atoms with Crippen molar-refractivity contribution < 1.29 is 0 Å². The van der Waals surface area contributed by atoms with Gasteiger partial charge in [0.05, 0.1) is 11.4 Å². The van der Waals surface area contributed by atoms with Gasteiger partial charge in [-0.3, -0.25) is 0 Å². The second-order valence-corrected chi connectivity index (χ2v) is 11.7. The Morgan fingerprint density at radius 3 is 1.60 bits per heavy atom. The van der Waals surface area contributed by atoms with Crippen LogP contribution >= 0.6 is 11.3 Å². The smallest absolute Gasteiger partial charge is 0.116 e. The minimum absolute atomic E-state index is 0.928. The molecular formula is C40H26N2S. The molecule has 0 unspecified atom stereocenters. The summed E-state index contributed by atoms with van der Waals surface area (Å²) >= 11 is 1.87. The molecule has 0 aliphatic rings. The summed E-state index contributed by atoms with van der Waals surface area (Å²) in [5, 5.41) is 2.64. The number of hydrogen-bond donors (Lipinski definition) is 0. The van der Waals surface area contributed by atoms with E-state index in [4.69, 9.17) is 9.97 Å². The lowest BCUT2D eigenvalue weighted by atomic mass is 9.92. The molecule has 0 fully saturated rings. The Kier molecular flexibility index (Phi) is 6.36. The zero-order chi connectivity index (χ0) is 28.6. The molecule has 0 aliphatic carbocycles. The highest BCUT2D eigenvalue weighted by Crippen LogP contribution is 2.42. The van der Waals surface area contributed by atoms with Crippen molar-refractivity contribution in [2.24, 2.45) is 0 Å². The monoisotopic (exact) mass is 566 g/mol. The summed E-state index contributed by atoms with van der Waals surface area (Å²) in [6.45, 7) is 0. The standard InChI is InChI=1S/C40H26N2S/c1-3-12-27(13-4-1)38-37(39(42-26-41-38)28-14-5-2-6-15-28)32-19-10-17-30(25-32)29-16-9-18-31(24-29)33-21-11-22-35-34-20-7-8-23-36(34)43-40(33)35/h1-26H. The Labute approximate surface area is 254 Å². The fraction of sp³-hybridized carbons (Fsp3) is 0. The average molecular weight is 567 g/mol. The van der Waals surface area contributed by atoms with Gasteiger partial charge in [0.15, 0.2) is 0 Å². The van der Waals surface area contributed by atoms with Crippen LogP contribution in [-0.4, -0.2) is 9.97 Å². The van der Waals surface area contributed by atoms with Crippen LogP contribution < -0.4 is 0 Å². The average Bonchev–Trinajstić information content (AvgIpc) is 3.48. The molecule has 2 heterocycles. The second-order valence-electron chi connectivity index (χ2n) is 10.6. The summed E-state index contributed by atoms with van der Waals surface area (Å²) < 4.78 is 2.65. The molecule has 0 spiro atoms. The van der Waals surface area contributed by atoms with Crippen LogP contribution in [0.3, 0.4) is 0 Å². The van der Waals surface area contributed by atoms with Crippen molar-refractivity contribution in [1.29, 1.82) is 0 Å². The van der Waals surface area contributed by atoms with E-state index in [1.807, 2.05) is 23.5 Å². The van der Waals surface area contributed by atoms with Crippen LogP contribution in [0.25, 0.3) is 76.1 Å². The van der Waals surface area contributed by atoms with E-state index in [-0.39, 0.29) is 0 Å². The molecule has 0 bridgehead atoms. The first-order valence-corrected chi connectivity index (χ1v) is 15.2. The normalized spacial score (nSPS) is 11.3. The third-order valence-corrected chi connectivity index (χ3v) is 9.22. The van der Waals surface area contributed by atoms with Gasteiger partial charge < -0.3 is 0 Å². The van der Waals surface area contributed by atoms with E-state index in [0.717, 1.165) is 39.2 Å². The number of thiophene rings is 1. The molecule has 0 N–H and O–H groups in total. The van der Waals surface area contributed by atoms with Crippen LogP contribution in [-0.2, 0) is 0 Å². The number of rotatable bonds is 5. The fourth-order valence-electron chi connectivity index (χ4n) is 5.98. The van der Waals surface area contributed by atoms with Gasteiger partial charge in [0.1, 0.15) is 6.33 Å². The van der Waals surface area contributed by atoms with Crippen LogP contribution in [0.2, 0.25) is 0 Å². The van der Waals surface area contributed by atoms with E-state index < -0.39 is 0 Å². The van der Waals surface area contributed by atoms with E-state index in [2.05, 4.69) is 140 Å². The van der Waals surface area contributed by atoms with E-state index >= 15 is 0 Å². The zero-order valence-corrected chi connectivity index (χ0v) is 24.1. The fourth-order valence-corrected chi connectivity index (χ4v) is 7.22. The molecule has 8 aromatic rings. The van der Waals surface area contributed by atoms with Crippen molar-refractivity contribution in [2.75, 3.05) is 0 Å². The Hall–Kier alpha value is -5.38. The van der Waals surface area contributed by atoms with Gasteiger partial charge in [-0.25, -0.2) is 9.97 Å². The van der Waals surface area contributed by atoms with E-state index in [9.17, 15) is 0 Å². The second kappa shape index (κ2) is 10.8. The summed E-state index contributed by atoms with van der Waals surface area (Å²) in [7, 11) is 0. The molecule has 6 aromatic carbocycles. The lowest BCUT2D eigenvalue weighted by Gasteiger charge is -2.15. The number of benzene rings is 6. The minimum atomic E-state index is 0.928. The summed E-state index contributed by atoms with van der Waals surface area (Å²) in [5.41, 5.74) is 10.9. The summed E-state index contributed by atoms with van der Waals surface area (Å²) in [4.78, 5) is 9.61. The molecule has 0 radical (unpaired) electrons. The molecule has 3 heteroatoms. The van der Waals surface area contributed by atoms with Crippen LogP contribution in [0.15, 0.2) is 158 Å². The minimum Gasteiger partial charge on any atom is -0.236 e. The van der Waals surface area contributed by atoms with Gasteiger partial charge in [-0.15, -0.1) is 11.3 Å². The summed E-state index contributed by atoms with van der Waals surface area (Å²) in [6.07, 6.45) is 1.68. The van der Waals surface area contributed by atoms with Crippen molar-refractivity contribution in [1.82, 2.24) is 9.97 Å². The molecule has 0 atom stereocenters. The molecule has 202 valence electrons. The number of fused-ring (bicyclic) bond motifs is 3. The first-order valence-electron chi connectivity index (χ1n) is 14.4. The predicted octanol–water partition coefficient (Wildman–Crippen LogP) is 11.2. The SMILES string of the molecule is c1ccc(-c2ncnc(-c3ccccc3)c2-c2cccc(-c3cccc(-c4cccc5c4sc4ccccc45)c3)c2)cc1. The van der Waals surface area contributed by atoms with Gasteiger partial charge in [-0.1, -0.05) is 133 Å². The quantitative estimate of drug-likeness (QED) is 0.207. The van der Waals surface area contributed by atoms with E-state index in [1.54, 1.807) is 6.33 Å². The molecule has 0 aliphatic heterocycles. The summed E-state index contributed by atoms with van der Waals surface area (Å²) in [5.74, 6) is 0. The first kappa shape index (κ1) is 25.3. The third kappa shape index (κ3) is 4.61. The third-order valence-electron chi connectivity index (χ3n) is 8.00. The Bertz CT molecular complexity index is 2180. The highest BCUT2D eigenvalue weighted by Gasteiger charge is 2.18. The van der Waals surface area contributed by atoms with Crippen molar-refractivity contribution in [2.45, 2.75) is 0 Å². The van der Waals surface area contributed by atoms with Crippen molar-refractivity contribution >= 4 is 31.5 Å². The lowest BCUT2D eigenvalue weighted by Crippen LogP contribution is -1.96. The molecular weight excluding hydrogens is 541 g/mol. The van der Waals surface area contributed by atoms with Crippen molar-refractivity contribution in [3.8, 4) is 55.9 Å². The highest BCUT2D eigenvalue weighted by molar-refractivity contribution is 7.26. The van der Waals surface area contributed by atoms with E-state index in [1.165, 1.54) is 36.9 Å². The molecule has 0 amide bonds. The van der Waals surface area contributed by atoms with Gasteiger partial charge in [0.25, 0.3) is 0 Å². The lowest BCUT2D eigenvalue weighted by molar-refractivity contribution is 1.18. The molecule has 2 aromatic heterocycles. The van der Waals surface area contributed by atoms with Gasteiger partial charge in [0.2, 0.25) is 0 Å². The van der Waals surface area contributed by atoms with Crippen molar-refractivity contribution in [3.63, 3.8) is 0 Å². The summed E-state index contributed by atoms with van der Waals surface area (Å²) in [6, 6.07) is 53.8. The maximum Gasteiger partial charge on any atom is 0.116 e. The van der Waals surface area contributed by atoms with Crippen LogP contribution in [0.1, 0.15) is 0 Å². The van der Waals surface area contributed by atoms with Gasteiger partial charge in [-0.2, -0.15) is 0 Å². The van der Waals surface area contributed by atoms with Crippen LogP contribution in [0.4, 0.5) is 0 Å².